The maximum Gasteiger partial charge on any atom is 0.0471 e. The van der Waals surface area contributed by atoms with Crippen molar-refractivity contribution in [2.24, 2.45) is 0 Å². The number of rotatable bonds is 4. The van der Waals surface area contributed by atoms with Crippen LogP contribution in [0.5, 0.6) is 0 Å². The number of likely N-dealkylation sites (tertiary alicyclic amines) is 2. The molecule has 4 heteroatoms. The summed E-state index contributed by atoms with van der Waals surface area (Å²) in [4.78, 5) is 10.1. The standard InChI is InChI=1S/C18H30N4/c1-4-21-8-6-17(7-9-21)22-10-5-15(13-22)18-12-16(19-3)11-14(2)20-18/h11-12,15,17H,4-10,13H2,1-3H3,(H,19,20)/t15-/m0/s1. The number of anilines is 1. The quantitative estimate of drug-likeness (QED) is 0.926. The van der Waals surface area contributed by atoms with Crippen molar-refractivity contribution in [3.05, 3.63) is 23.5 Å². The van der Waals surface area contributed by atoms with E-state index in [2.05, 4.69) is 41.1 Å². The van der Waals surface area contributed by atoms with Gasteiger partial charge in [0, 0.05) is 42.6 Å². The Hall–Kier alpha value is -1.13. The molecule has 1 atom stereocenters. The van der Waals surface area contributed by atoms with Crippen LogP contribution in [0.15, 0.2) is 12.1 Å². The highest BCUT2D eigenvalue weighted by Gasteiger charge is 2.31. The van der Waals surface area contributed by atoms with Crippen LogP contribution in [0.3, 0.4) is 0 Å². The highest BCUT2D eigenvalue weighted by molar-refractivity contribution is 5.45. The Kier molecular flexibility index (Phi) is 4.99. The maximum atomic E-state index is 4.79. The number of hydrogen-bond donors (Lipinski definition) is 1. The van der Waals surface area contributed by atoms with Crippen LogP contribution in [0.2, 0.25) is 0 Å². The van der Waals surface area contributed by atoms with E-state index in [1.165, 1.54) is 63.4 Å². The Labute approximate surface area is 134 Å². The van der Waals surface area contributed by atoms with Crippen molar-refractivity contribution < 1.29 is 0 Å². The lowest BCUT2D eigenvalue weighted by atomic mass is 10.0. The third-order valence-corrected chi connectivity index (χ3v) is 5.42. The first-order valence-electron chi connectivity index (χ1n) is 8.82. The molecular formula is C18H30N4. The minimum atomic E-state index is 0.608. The van der Waals surface area contributed by atoms with E-state index in [0.717, 1.165) is 11.7 Å². The van der Waals surface area contributed by atoms with E-state index in [9.17, 15) is 0 Å². The smallest absolute Gasteiger partial charge is 0.0471 e. The summed E-state index contributed by atoms with van der Waals surface area (Å²) in [6.45, 7) is 10.5. The van der Waals surface area contributed by atoms with Gasteiger partial charge in [0.05, 0.1) is 0 Å². The van der Waals surface area contributed by atoms with Crippen molar-refractivity contribution >= 4 is 5.69 Å². The number of aromatic nitrogens is 1. The molecule has 2 aliphatic heterocycles. The van der Waals surface area contributed by atoms with Gasteiger partial charge in [0.2, 0.25) is 0 Å². The molecule has 1 aromatic heterocycles. The van der Waals surface area contributed by atoms with Gasteiger partial charge in [-0.15, -0.1) is 0 Å². The molecule has 0 aromatic carbocycles. The van der Waals surface area contributed by atoms with Crippen LogP contribution in [0.25, 0.3) is 0 Å². The second-order valence-electron chi connectivity index (χ2n) is 6.82. The molecule has 122 valence electrons. The molecule has 4 nitrogen and oxygen atoms in total. The maximum absolute atomic E-state index is 4.79. The Morgan fingerprint density at radius 1 is 1.18 bits per heavy atom. The highest BCUT2D eigenvalue weighted by Crippen LogP contribution is 2.31. The van der Waals surface area contributed by atoms with Gasteiger partial charge in [-0.25, -0.2) is 0 Å². The van der Waals surface area contributed by atoms with E-state index >= 15 is 0 Å². The van der Waals surface area contributed by atoms with E-state index in [4.69, 9.17) is 4.98 Å². The first-order chi connectivity index (χ1) is 10.7. The van der Waals surface area contributed by atoms with Gasteiger partial charge < -0.3 is 10.2 Å². The third kappa shape index (κ3) is 3.44. The fraction of sp³-hybridized carbons (Fsp3) is 0.722. The molecule has 3 heterocycles. The lowest BCUT2D eigenvalue weighted by Crippen LogP contribution is -2.43. The average Bonchev–Trinajstić information content (AvgIpc) is 3.04. The van der Waals surface area contributed by atoms with E-state index in [1.54, 1.807) is 0 Å². The zero-order valence-electron chi connectivity index (χ0n) is 14.3. The second-order valence-corrected chi connectivity index (χ2v) is 6.82. The van der Waals surface area contributed by atoms with E-state index in [1.807, 2.05) is 7.05 Å². The van der Waals surface area contributed by atoms with Crippen LogP contribution in [0, 0.1) is 6.92 Å². The molecule has 0 aliphatic carbocycles. The van der Waals surface area contributed by atoms with Crippen molar-refractivity contribution in [2.45, 2.75) is 45.1 Å². The molecule has 1 N–H and O–H groups in total. The van der Waals surface area contributed by atoms with Gasteiger partial charge in [0.15, 0.2) is 0 Å². The van der Waals surface area contributed by atoms with Crippen LogP contribution in [0.1, 0.15) is 43.5 Å². The lowest BCUT2D eigenvalue weighted by molar-refractivity contribution is 0.129. The Morgan fingerprint density at radius 3 is 2.64 bits per heavy atom. The van der Waals surface area contributed by atoms with E-state index < -0.39 is 0 Å². The van der Waals surface area contributed by atoms with Gasteiger partial charge in [-0.05, 0) is 64.5 Å². The highest BCUT2D eigenvalue weighted by atomic mass is 15.2. The van der Waals surface area contributed by atoms with Crippen LogP contribution in [0.4, 0.5) is 5.69 Å². The molecular weight excluding hydrogens is 272 g/mol. The number of hydrogen-bond acceptors (Lipinski definition) is 4. The number of piperidine rings is 1. The number of pyridine rings is 1. The molecule has 1 aromatic rings. The molecule has 2 saturated heterocycles. The predicted octanol–water partition coefficient (Wildman–Crippen LogP) is 2.71. The predicted molar refractivity (Wildman–Crippen MR) is 92.6 cm³/mol. The molecule has 0 unspecified atom stereocenters. The topological polar surface area (TPSA) is 31.4 Å². The second kappa shape index (κ2) is 6.97. The van der Waals surface area contributed by atoms with Gasteiger partial charge >= 0.3 is 0 Å². The summed E-state index contributed by atoms with van der Waals surface area (Å²) in [6.07, 6.45) is 3.93. The molecule has 2 fully saturated rings. The number of nitrogens with zero attached hydrogens (tertiary/aromatic N) is 3. The first kappa shape index (κ1) is 15.8. The molecule has 22 heavy (non-hydrogen) atoms. The van der Waals surface area contributed by atoms with Gasteiger partial charge in [-0.3, -0.25) is 9.88 Å². The number of aryl methyl sites for hydroxylation is 1. The monoisotopic (exact) mass is 302 g/mol. The van der Waals surface area contributed by atoms with Crippen molar-refractivity contribution in [3.63, 3.8) is 0 Å². The summed E-state index contributed by atoms with van der Waals surface area (Å²) in [5.74, 6) is 0.608. The van der Waals surface area contributed by atoms with Crippen LogP contribution in [-0.2, 0) is 0 Å². The lowest BCUT2D eigenvalue weighted by Gasteiger charge is -2.36. The van der Waals surface area contributed by atoms with Crippen LogP contribution in [-0.4, -0.2) is 60.6 Å². The van der Waals surface area contributed by atoms with E-state index in [-0.39, 0.29) is 0 Å². The summed E-state index contributed by atoms with van der Waals surface area (Å²) < 4.78 is 0. The van der Waals surface area contributed by atoms with Crippen molar-refractivity contribution in [2.75, 3.05) is 45.1 Å². The minimum Gasteiger partial charge on any atom is -0.388 e. The average molecular weight is 302 g/mol. The molecule has 3 rings (SSSR count). The SMILES string of the molecule is CCN1CCC(N2CC[C@H](c3cc(NC)cc(C)n3)C2)CC1. The van der Waals surface area contributed by atoms with Crippen LogP contribution < -0.4 is 5.32 Å². The minimum absolute atomic E-state index is 0.608. The summed E-state index contributed by atoms with van der Waals surface area (Å²) in [6, 6.07) is 5.15. The van der Waals surface area contributed by atoms with Crippen LogP contribution >= 0.6 is 0 Å². The zero-order valence-corrected chi connectivity index (χ0v) is 14.3. The summed E-state index contributed by atoms with van der Waals surface area (Å²) in [5, 5.41) is 3.26. The third-order valence-electron chi connectivity index (χ3n) is 5.42. The fourth-order valence-electron chi connectivity index (χ4n) is 4.01. The molecule has 0 radical (unpaired) electrons. The van der Waals surface area contributed by atoms with Crippen molar-refractivity contribution in [1.82, 2.24) is 14.8 Å². The zero-order chi connectivity index (χ0) is 15.5. The van der Waals surface area contributed by atoms with Gasteiger partial charge in [-0.1, -0.05) is 6.92 Å². The van der Waals surface area contributed by atoms with Gasteiger partial charge in [0.25, 0.3) is 0 Å². The first-order valence-corrected chi connectivity index (χ1v) is 8.82. The summed E-state index contributed by atoms with van der Waals surface area (Å²) in [7, 11) is 1.99. The van der Waals surface area contributed by atoms with Gasteiger partial charge in [0.1, 0.15) is 0 Å². The molecule has 0 amide bonds. The Morgan fingerprint density at radius 2 is 1.95 bits per heavy atom. The molecule has 0 saturated carbocycles. The fourth-order valence-corrected chi connectivity index (χ4v) is 4.01. The Bertz CT molecular complexity index is 494. The molecule has 0 spiro atoms. The number of nitrogens with one attached hydrogen (secondary N) is 1. The largest absolute Gasteiger partial charge is 0.388 e. The normalized spacial score (nSPS) is 24.8. The molecule has 0 bridgehead atoms. The summed E-state index contributed by atoms with van der Waals surface area (Å²) in [5.41, 5.74) is 3.59. The van der Waals surface area contributed by atoms with E-state index in [0.29, 0.717) is 5.92 Å². The Balaban J connectivity index is 1.61. The summed E-state index contributed by atoms with van der Waals surface area (Å²) >= 11 is 0. The van der Waals surface area contributed by atoms with Crippen molar-refractivity contribution in [1.29, 1.82) is 0 Å². The molecule has 2 aliphatic rings. The van der Waals surface area contributed by atoms with Gasteiger partial charge in [-0.2, -0.15) is 0 Å². The van der Waals surface area contributed by atoms with Crippen molar-refractivity contribution in [3.8, 4) is 0 Å².